The Balaban J connectivity index is 1.87. The molecule has 138 valence electrons. The van der Waals surface area contributed by atoms with E-state index in [1.807, 2.05) is 20.8 Å². The lowest BCUT2D eigenvalue weighted by Crippen LogP contribution is -2.46. The number of hydrogen-bond donors (Lipinski definition) is 2. The highest BCUT2D eigenvalue weighted by atomic mass is 17.2. The van der Waals surface area contributed by atoms with Gasteiger partial charge in [0.15, 0.2) is 5.79 Å². The molecule has 0 bridgehead atoms. The summed E-state index contributed by atoms with van der Waals surface area (Å²) in [6, 6.07) is 0. The van der Waals surface area contributed by atoms with Crippen LogP contribution in [0.15, 0.2) is 11.6 Å². The lowest BCUT2D eigenvalue weighted by molar-refractivity contribution is -0.475. The summed E-state index contributed by atoms with van der Waals surface area (Å²) in [5.41, 5.74) is 1.02. The van der Waals surface area contributed by atoms with Gasteiger partial charge in [-0.25, -0.2) is 9.78 Å². The first-order valence-corrected chi connectivity index (χ1v) is 8.39. The summed E-state index contributed by atoms with van der Waals surface area (Å²) in [5.74, 6) is -3.10. The Bertz CT molecular complexity index is 491. The predicted octanol–water partition coefficient (Wildman–Crippen LogP) is 2.38. The van der Waals surface area contributed by atoms with E-state index < -0.39 is 23.6 Å². The van der Waals surface area contributed by atoms with Crippen LogP contribution in [0.1, 0.15) is 52.9 Å². The quantitative estimate of drug-likeness (QED) is 0.541. The molecule has 24 heavy (non-hydrogen) atoms. The molecule has 1 fully saturated rings. The van der Waals surface area contributed by atoms with Crippen molar-refractivity contribution in [2.75, 3.05) is 7.11 Å². The van der Waals surface area contributed by atoms with Crippen LogP contribution in [0.5, 0.6) is 0 Å². The predicted molar refractivity (Wildman–Crippen MR) is 84.8 cm³/mol. The van der Waals surface area contributed by atoms with Gasteiger partial charge in [0.1, 0.15) is 6.10 Å². The maximum absolute atomic E-state index is 10.8. The first-order chi connectivity index (χ1) is 11.2. The molecule has 5 atom stereocenters. The minimum Gasteiger partial charge on any atom is -0.481 e. The van der Waals surface area contributed by atoms with Gasteiger partial charge in [-0.15, -0.1) is 0 Å². The molecule has 0 radical (unpaired) electrons. The molecule has 1 saturated heterocycles. The van der Waals surface area contributed by atoms with Crippen LogP contribution in [-0.2, 0) is 24.0 Å². The van der Waals surface area contributed by atoms with Crippen LogP contribution >= 0.6 is 0 Å². The van der Waals surface area contributed by atoms with Gasteiger partial charge in [-0.3, -0.25) is 4.79 Å². The lowest BCUT2D eigenvalue weighted by Gasteiger charge is -2.41. The number of carboxylic acids is 1. The number of aliphatic hydroxyl groups is 1. The van der Waals surface area contributed by atoms with Crippen molar-refractivity contribution >= 4 is 5.97 Å². The number of aliphatic carboxylic acids is 1. The third-order valence-electron chi connectivity index (χ3n) is 4.91. The fourth-order valence-corrected chi connectivity index (χ4v) is 3.32. The fourth-order valence-electron chi connectivity index (χ4n) is 3.32. The zero-order valence-electron chi connectivity index (χ0n) is 14.8. The Kier molecular flexibility index (Phi) is 6.04. The number of hydrogen-bond acceptors (Lipinski definition) is 6. The smallest absolute Gasteiger partial charge is 0.306 e. The number of methoxy groups -OCH3 is 1. The van der Waals surface area contributed by atoms with E-state index in [-0.39, 0.29) is 18.4 Å². The number of rotatable bonds is 7. The minimum absolute atomic E-state index is 0.0113. The zero-order valence-corrected chi connectivity index (χ0v) is 14.8. The monoisotopic (exact) mass is 344 g/mol. The van der Waals surface area contributed by atoms with Gasteiger partial charge in [0, 0.05) is 26.4 Å². The maximum Gasteiger partial charge on any atom is 0.306 e. The van der Waals surface area contributed by atoms with Crippen LogP contribution in [0, 0.1) is 5.92 Å². The van der Waals surface area contributed by atoms with Crippen LogP contribution in [0.25, 0.3) is 0 Å². The Morgan fingerprint density at radius 3 is 2.62 bits per heavy atom. The van der Waals surface area contributed by atoms with E-state index >= 15 is 0 Å². The topological polar surface area (TPSA) is 94.5 Å². The molecule has 0 saturated carbocycles. The average Bonchev–Trinajstić information content (AvgIpc) is 2.74. The Morgan fingerprint density at radius 2 is 2.12 bits per heavy atom. The van der Waals surface area contributed by atoms with E-state index in [1.54, 1.807) is 13.2 Å². The van der Waals surface area contributed by atoms with Crippen molar-refractivity contribution in [2.24, 2.45) is 5.92 Å². The van der Waals surface area contributed by atoms with Gasteiger partial charge in [0.2, 0.25) is 5.79 Å². The number of carbonyl (C=O) groups is 1. The van der Waals surface area contributed by atoms with Crippen molar-refractivity contribution in [1.82, 2.24) is 0 Å². The molecule has 7 heteroatoms. The molecule has 2 N–H and O–H groups in total. The highest BCUT2D eigenvalue weighted by molar-refractivity contribution is 5.67. The normalized spacial score (nSPS) is 39.7. The van der Waals surface area contributed by atoms with Gasteiger partial charge in [-0.2, -0.15) is 0 Å². The van der Waals surface area contributed by atoms with Gasteiger partial charge in [-0.05, 0) is 37.8 Å². The second-order valence-electron chi connectivity index (χ2n) is 6.96. The third kappa shape index (κ3) is 4.55. The molecule has 0 aromatic rings. The van der Waals surface area contributed by atoms with Gasteiger partial charge >= 0.3 is 5.97 Å². The molecule has 2 aliphatic rings. The van der Waals surface area contributed by atoms with Crippen molar-refractivity contribution in [3.63, 3.8) is 0 Å². The van der Waals surface area contributed by atoms with E-state index in [1.165, 1.54) is 0 Å². The van der Waals surface area contributed by atoms with Crippen molar-refractivity contribution in [3.05, 3.63) is 11.6 Å². The molecule has 0 aliphatic carbocycles. The van der Waals surface area contributed by atoms with E-state index in [4.69, 9.17) is 24.4 Å². The van der Waals surface area contributed by atoms with Crippen molar-refractivity contribution < 1.29 is 34.3 Å². The molecule has 2 unspecified atom stereocenters. The van der Waals surface area contributed by atoms with Gasteiger partial charge in [0.25, 0.3) is 0 Å². The maximum atomic E-state index is 10.8. The van der Waals surface area contributed by atoms with E-state index in [0.29, 0.717) is 25.7 Å². The molecule has 0 spiro atoms. The molecular formula is C17H28O7. The summed E-state index contributed by atoms with van der Waals surface area (Å²) in [7, 11) is 1.54. The second kappa shape index (κ2) is 7.49. The van der Waals surface area contributed by atoms with Crippen molar-refractivity contribution in [1.29, 1.82) is 0 Å². The Labute approximate surface area is 142 Å². The highest BCUT2D eigenvalue weighted by Gasteiger charge is 2.43. The highest BCUT2D eigenvalue weighted by Crippen LogP contribution is 2.38. The number of carboxylic acid groups (broad SMARTS) is 1. The third-order valence-corrected chi connectivity index (χ3v) is 4.91. The molecule has 0 aromatic heterocycles. The second-order valence-corrected chi connectivity index (χ2v) is 6.96. The molecule has 2 heterocycles. The fraction of sp³-hybridized carbons (Fsp3) is 0.824. The summed E-state index contributed by atoms with van der Waals surface area (Å²) in [5, 5.41) is 19.3. The summed E-state index contributed by atoms with van der Waals surface area (Å²) in [4.78, 5) is 21.5. The van der Waals surface area contributed by atoms with Gasteiger partial charge < -0.3 is 19.7 Å². The van der Waals surface area contributed by atoms with Crippen LogP contribution in [0.2, 0.25) is 0 Å². The largest absolute Gasteiger partial charge is 0.481 e. The SMILES string of the molecule is CO[C@@]1(CCCC2(O)C=C(C)C(C)O2)C[C@H](C)[C@H](CC(=O)O)OO1. The molecule has 0 amide bonds. The summed E-state index contributed by atoms with van der Waals surface area (Å²) >= 11 is 0. The molecule has 7 nitrogen and oxygen atoms in total. The van der Waals surface area contributed by atoms with Crippen LogP contribution in [-0.4, -0.2) is 47.1 Å². The summed E-state index contributed by atoms with van der Waals surface area (Å²) in [6.45, 7) is 5.76. The molecular weight excluding hydrogens is 316 g/mol. The first kappa shape index (κ1) is 19.3. The van der Waals surface area contributed by atoms with Crippen LogP contribution < -0.4 is 0 Å². The molecule has 2 aliphatic heterocycles. The van der Waals surface area contributed by atoms with Crippen LogP contribution in [0.4, 0.5) is 0 Å². The van der Waals surface area contributed by atoms with Gasteiger partial charge in [-0.1, -0.05) is 6.92 Å². The van der Waals surface area contributed by atoms with E-state index in [2.05, 4.69) is 0 Å². The van der Waals surface area contributed by atoms with Crippen LogP contribution in [0.3, 0.4) is 0 Å². The van der Waals surface area contributed by atoms with E-state index in [9.17, 15) is 9.90 Å². The van der Waals surface area contributed by atoms with Crippen molar-refractivity contribution in [3.8, 4) is 0 Å². The average molecular weight is 344 g/mol. The zero-order chi connectivity index (χ0) is 18.0. The standard InChI is InChI=1S/C17H28O7/c1-11-9-16(20,22-13(11)3)6-5-7-17(21-4)10-12(2)14(23-24-17)8-15(18)19/h9,12-14,20H,5-8,10H2,1-4H3,(H,18,19)/t12-,13?,14-,16?,17+/m0/s1. The Hall–Kier alpha value is -0.990. The lowest BCUT2D eigenvalue weighted by atomic mass is 9.89. The number of ether oxygens (including phenoxy) is 2. The molecule has 2 rings (SSSR count). The summed E-state index contributed by atoms with van der Waals surface area (Å²) in [6.07, 6.45) is 3.16. The molecule has 0 aromatic carbocycles. The Morgan fingerprint density at radius 1 is 1.42 bits per heavy atom. The van der Waals surface area contributed by atoms with E-state index in [0.717, 1.165) is 5.57 Å². The summed E-state index contributed by atoms with van der Waals surface area (Å²) < 4.78 is 11.1. The minimum atomic E-state index is -1.24. The first-order valence-electron chi connectivity index (χ1n) is 8.39. The van der Waals surface area contributed by atoms with Gasteiger partial charge in [0.05, 0.1) is 12.5 Å². The van der Waals surface area contributed by atoms with Crippen molar-refractivity contribution in [2.45, 2.75) is 76.7 Å².